The number of nitrogens with two attached hydrogens (primary N) is 1. The van der Waals surface area contributed by atoms with Crippen molar-refractivity contribution in [1.29, 1.82) is 0 Å². The fourth-order valence-corrected chi connectivity index (χ4v) is 3.08. The van der Waals surface area contributed by atoms with Crippen LogP contribution in [0.2, 0.25) is 0 Å². The molecule has 0 spiro atoms. The van der Waals surface area contributed by atoms with Crippen LogP contribution in [0.3, 0.4) is 0 Å². The van der Waals surface area contributed by atoms with Crippen molar-refractivity contribution < 1.29 is 9.59 Å². The molecule has 1 aromatic heterocycles. The first kappa shape index (κ1) is 19.2. The molecule has 0 bridgehead atoms. The number of allylic oxidation sites excluding steroid dienone is 1. The zero-order valence-electron chi connectivity index (χ0n) is 14.9. The molecule has 0 saturated heterocycles. The van der Waals surface area contributed by atoms with E-state index in [1.54, 1.807) is 48.5 Å². The number of amides is 2. The first-order valence-corrected chi connectivity index (χ1v) is 8.86. The summed E-state index contributed by atoms with van der Waals surface area (Å²) in [6.45, 7) is 4.15. The lowest BCUT2D eigenvalue weighted by molar-refractivity contribution is 0.0950. The molecule has 0 radical (unpaired) electrons. The average molecular weight is 394 g/mol. The molecule has 0 atom stereocenters. The number of benzene rings is 2. The minimum Gasteiger partial charge on any atom is -0.366 e. The summed E-state index contributed by atoms with van der Waals surface area (Å²) in [4.78, 5) is 39.2. The summed E-state index contributed by atoms with van der Waals surface area (Å²) in [5, 5.41) is 3.21. The molecule has 7 nitrogen and oxygen atoms in total. The molecule has 2 aromatic carbocycles. The van der Waals surface area contributed by atoms with Crippen LogP contribution in [-0.4, -0.2) is 21.4 Å². The van der Waals surface area contributed by atoms with Crippen LogP contribution in [0, 0.1) is 4.77 Å². The first-order chi connectivity index (χ1) is 13.4. The van der Waals surface area contributed by atoms with E-state index in [1.807, 2.05) is 0 Å². The Balaban J connectivity index is 1.84. The molecular formula is C20H18N4O3S. The molecule has 28 heavy (non-hydrogen) atoms. The third-order valence-electron chi connectivity index (χ3n) is 4.22. The summed E-state index contributed by atoms with van der Waals surface area (Å²) < 4.78 is 1.66. The monoisotopic (exact) mass is 394 g/mol. The van der Waals surface area contributed by atoms with Gasteiger partial charge in [-0.2, -0.15) is 0 Å². The highest BCUT2D eigenvalue weighted by Crippen LogP contribution is 2.12. The van der Waals surface area contributed by atoms with Crippen LogP contribution < -0.4 is 16.6 Å². The van der Waals surface area contributed by atoms with Gasteiger partial charge in [0.1, 0.15) is 0 Å². The van der Waals surface area contributed by atoms with Gasteiger partial charge >= 0.3 is 0 Å². The van der Waals surface area contributed by atoms with Gasteiger partial charge in [-0.1, -0.05) is 18.2 Å². The van der Waals surface area contributed by atoms with Gasteiger partial charge in [-0.05, 0) is 48.1 Å². The molecule has 3 aromatic rings. The van der Waals surface area contributed by atoms with Crippen LogP contribution in [-0.2, 0) is 13.1 Å². The number of carbonyl (C=O) groups is 2. The summed E-state index contributed by atoms with van der Waals surface area (Å²) in [7, 11) is 0. The zero-order chi connectivity index (χ0) is 20.3. The Morgan fingerprint density at radius 1 is 1.21 bits per heavy atom. The van der Waals surface area contributed by atoms with Gasteiger partial charge in [0.05, 0.1) is 10.9 Å². The summed E-state index contributed by atoms with van der Waals surface area (Å²) in [5.74, 6) is -0.846. The Hall–Kier alpha value is -3.52. The number of carbonyl (C=O) groups excluding carboxylic acids is 2. The lowest BCUT2D eigenvalue weighted by Crippen LogP contribution is -2.24. The van der Waals surface area contributed by atoms with E-state index < -0.39 is 5.91 Å². The van der Waals surface area contributed by atoms with Crippen LogP contribution in [0.4, 0.5) is 0 Å². The zero-order valence-corrected chi connectivity index (χ0v) is 15.7. The number of H-pyrrole nitrogens is 1. The van der Waals surface area contributed by atoms with E-state index in [1.165, 1.54) is 4.57 Å². The molecule has 0 unspecified atom stereocenters. The maximum atomic E-state index is 12.5. The van der Waals surface area contributed by atoms with Crippen molar-refractivity contribution in [3.63, 3.8) is 0 Å². The standard InChI is InChI=1S/C20H18N4O3S/c1-2-8-24-19(27)15-7-6-14(10-16(15)23-20(24)28)18(26)22-11-12-4-3-5-13(9-12)17(21)25/h2-7,9-10H,1,8,11H2,(H2,21,25)(H,22,26)(H,23,28). The normalized spacial score (nSPS) is 10.6. The van der Waals surface area contributed by atoms with Gasteiger partial charge in [0.2, 0.25) is 5.91 Å². The molecular weight excluding hydrogens is 376 g/mol. The van der Waals surface area contributed by atoms with Crippen molar-refractivity contribution in [1.82, 2.24) is 14.9 Å². The summed E-state index contributed by atoms with van der Waals surface area (Å²) in [6.07, 6.45) is 1.59. The SMILES string of the molecule is C=CCn1c(=S)[nH]c2cc(C(=O)NCc3cccc(C(N)=O)c3)ccc2c1=O. The Labute approximate surface area is 165 Å². The van der Waals surface area contributed by atoms with Crippen molar-refractivity contribution in [2.75, 3.05) is 0 Å². The van der Waals surface area contributed by atoms with Crippen molar-refractivity contribution >= 4 is 34.9 Å². The van der Waals surface area contributed by atoms with E-state index in [9.17, 15) is 14.4 Å². The molecule has 8 heteroatoms. The van der Waals surface area contributed by atoms with Gasteiger partial charge in [-0.15, -0.1) is 6.58 Å². The Morgan fingerprint density at radius 2 is 2.00 bits per heavy atom. The van der Waals surface area contributed by atoms with Gasteiger partial charge < -0.3 is 16.0 Å². The Kier molecular flexibility index (Phi) is 5.51. The van der Waals surface area contributed by atoms with Gasteiger partial charge in [-0.3, -0.25) is 19.0 Å². The highest BCUT2D eigenvalue weighted by atomic mass is 32.1. The Morgan fingerprint density at radius 3 is 2.71 bits per heavy atom. The minimum atomic E-state index is -0.528. The average Bonchev–Trinajstić information content (AvgIpc) is 2.69. The third-order valence-corrected chi connectivity index (χ3v) is 4.54. The maximum absolute atomic E-state index is 12.5. The maximum Gasteiger partial charge on any atom is 0.262 e. The molecule has 4 N–H and O–H groups in total. The van der Waals surface area contributed by atoms with Crippen molar-refractivity contribution in [3.8, 4) is 0 Å². The number of hydrogen-bond donors (Lipinski definition) is 3. The number of rotatable bonds is 6. The van der Waals surface area contributed by atoms with Crippen LogP contribution in [0.5, 0.6) is 0 Å². The van der Waals surface area contributed by atoms with Gasteiger partial charge in [0, 0.05) is 24.2 Å². The van der Waals surface area contributed by atoms with E-state index >= 15 is 0 Å². The summed E-state index contributed by atoms with van der Waals surface area (Å²) in [5.41, 5.74) is 7.01. The van der Waals surface area contributed by atoms with Crippen molar-refractivity contribution in [3.05, 3.63) is 86.9 Å². The number of aromatic amines is 1. The van der Waals surface area contributed by atoms with Gasteiger partial charge in [-0.25, -0.2) is 0 Å². The van der Waals surface area contributed by atoms with Gasteiger partial charge in [0.15, 0.2) is 4.77 Å². The second kappa shape index (κ2) is 8.01. The molecule has 1 heterocycles. The second-order valence-electron chi connectivity index (χ2n) is 6.14. The van der Waals surface area contributed by atoms with E-state index in [0.717, 1.165) is 5.56 Å². The molecule has 3 rings (SSSR count). The predicted molar refractivity (Wildman–Crippen MR) is 110 cm³/mol. The smallest absolute Gasteiger partial charge is 0.262 e. The van der Waals surface area contributed by atoms with Crippen LogP contribution in [0.1, 0.15) is 26.3 Å². The quantitative estimate of drug-likeness (QED) is 0.440. The fourth-order valence-electron chi connectivity index (χ4n) is 2.81. The Bertz CT molecular complexity index is 1210. The van der Waals surface area contributed by atoms with Crippen molar-refractivity contribution in [2.24, 2.45) is 5.73 Å². The number of nitrogens with zero attached hydrogens (tertiary/aromatic N) is 1. The van der Waals surface area contributed by atoms with E-state index in [4.69, 9.17) is 18.0 Å². The molecule has 0 aliphatic rings. The predicted octanol–water partition coefficient (Wildman–Crippen LogP) is 2.27. The second-order valence-corrected chi connectivity index (χ2v) is 6.53. The first-order valence-electron chi connectivity index (χ1n) is 8.45. The number of primary amides is 1. The van der Waals surface area contributed by atoms with Crippen molar-refractivity contribution in [2.45, 2.75) is 13.1 Å². The molecule has 0 fully saturated rings. The number of nitrogens with one attached hydrogen (secondary N) is 2. The molecule has 0 saturated carbocycles. The minimum absolute atomic E-state index is 0.231. The van der Waals surface area contributed by atoms with Gasteiger partial charge in [0.25, 0.3) is 11.5 Å². The number of aromatic nitrogens is 2. The molecule has 2 amide bonds. The van der Waals surface area contributed by atoms with Crippen LogP contribution >= 0.6 is 12.2 Å². The van der Waals surface area contributed by atoms with E-state index in [0.29, 0.717) is 28.6 Å². The largest absolute Gasteiger partial charge is 0.366 e. The third kappa shape index (κ3) is 3.91. The van der Waals surface area contributed by atoms with Crippen LogP contribution in [0.15, 0.2) is 59.9 Å². The number of hydrogen-bond acceptors (Lipinski definition) is 4. The summed E-state index contributed by atoms with van der Waals surface area (Å²) in [6, 6.07) is 11.5. The molecule has 0 aliphatic heterocycles. The number of fused-ring (bicyclic) bond motifs is 1. The highest BCUT2D eigenvalue weighted by molar-refractivity contribution is 7.71. The fraction of sp³-hybridized carbons (Fsp3) is 0.100. The lowest BCUT2D eigenvalue weighted by Gasteiger charge is -2.09. The van der Waals surface area contributed by atoms with Crippen LogP contribution in [0.25, 0.3) is 10.9 Å². The lowest BCUT2D eigenvalue weighted by atomic mass is 10.1. The summed E-state index contributed by atoms with van der Waals surface area (Å²) >= 11 is 5.21. The topological polar surface area (TPSA) is 110 Å². The van der Waals surface area contributed by atoms with E-state index in [-0.39, 0.29) is 22.8 Å². The van der Waals surface area contributed by atoms with E-state index in [2.05, 4.69) is 16.9 Å². The molecule has 142 valence electrons. The highest BCUT2D eigenvalue weighted by Gasteiger charge is 2.10. The molecule has 0 aliphatic carbocycles.